The van der Waals surface area contributed by atoms with Crippen LogP contribution in [-0.2, 0) is 9.47 Å². The summed E-state index contributed by atoms with van der Waals surface area (Å²) in [6.07, 6.45) is -0.197. The predicted octanol–water partition coefficient (Wildman–Crippen LogP) is 2.20. The van der Waals surface area contributed by atoms with E-state index in [4.69, 9.17) is 9.47 Å². The van der Waals surface area contributed by atoms with Crippen molar-refractivity contribution in [1.82, 2.24) is 5.32 Å². The third-order valence-corrected chi connectivity index (χ3v) is 3.90. The van der Waals surface area contributed by atoms with Gasteiger partial charge in [0.1, 0.15) is 5.82 Å². The molecule has 1 aliphatic rings. The molecule has 5 nitrogen and oxygen atoms in total. The maximum atomic E-state index is 13.0. The molecule has 1 amide bonds. The molecule has 1 saturated heterocycles. The minimum absolute atomic E-state index is 0.197. The number of amides is 1. The second-order valence-corrected chi connectivity index (χ2v) is 5.66. The maximum Gasteiger partial charge on any atom is 0.252 e. The van der Waals surface area contributed by atoms with Gasteiger partial charge in [0.05, 0.1) is 31.5 Å². The van der Waals surface area contributed by atoms with Gasteiger partial charge in [0, 0.05) is 17.7 Å². The fraction of sp³-hybridized carbons (Fsp3) is 0.263. The van der Waals surface area contributed by atoms with Crippen molar-refractivity contribution in [2.45, 2.75) is 6.10 Å². The molecule has 0 unspecified atom stereocenters. The number of hydrogen-bond donors (Lipinski definition) is 1. The quantitative estimate of drug-likeness (QED) is 0.846. The topological polar surface area (TPSA) is 64.6 Å². The van der Waals surface area contributed by atoms with Gasteiger partial charge in [-0.15, -0.1) is 0 Å². The average Bonchev–Trinajstić information content (AvgIpc) is 2.67. The Balaban J connectivity index is 1.74. The first-order valence-electron chi connectivity index (χ1n) is 8.02. The third-order valence-electron chi connectivity index (χ3n) is 3.90. The lowest BCUT2D eigenvalue weighted by Gasteiger charge is -2.23. The molecule has 2 aromatic carbocycles. The van der Waals surface area contributed by atoms with Crippen LogP contribution in [0.25, 0.3) is 0 Å². The zero-order valence-electron chi connectivity index (χ0n) is 13.5. The molecule has 130 valence electrons. The van der Waals surface area contributed by atoms with E-state index in [0.29, 0.717) is 31.9 Å². The maximum absolute atomic E-state index is 13.0. The Morgan fingerprint density at radius 3 is 2.44 bits per heavy atom. The van der Waals surface area contributed by atoms with Gasteiger partial charge in [-0.25, -0.2) is 4.39 Å². The van der Waals surface area contributed by atoms with E-state index in [1.807, 2.05) is 0 Å². The zero-order valence-corrected chi connectivity index (χ0v) is 13.5. The summed E-state index contributed by atoms with van der Waals surface area (Å²) in [6.45, 7) is 1.79. The lowest BCUT2D eigenvalue weighted by molar-refractivity contribution is -0.0855. The van der Waals surface area contributed by atoms with Gasteiger partial charge in [0.15, 0.2) is 5.78 Å². The van der Waals surface area contributed by atoms with E-state index in [2.05, 4.69) is 5.32 Å². The number of benzene rings is 2. The van der Waals surface area contributed by atoms with Gasteiger partial charge in [-0.3, -0.25) is 9.59 Å². The molecule has 2 aromatic rings. The predicted molar refractivity (Wildman–Crippen MR) is 89.2 cm³/mol. The fourth-order valence-corrected chi connectivity index (χ4v) is 2.59. The molecule has 1 fully saturated rings. The Bertz CT molecular complexity index is 754. The van der Waals surface area contributed by atoms with E-state index in [0.717, 1.165) is 0 Å². The van der Waals surface area contributed by atoms with Crippen LogP contribution in [0.4, 0.5) is 4.39 Å². The number of nitrogens with one attached hydrogen (secondary N) is 1. The number of carbonyl (C=O) groups is 2. The SMILES string of the molecule is O=C(NC[C@@H]1COCCO1)c1ccccc1C(=O)c1ccc(F)cc1. The molecule has 6 heteroatoms. The summed E-state index contributed by atoms with van der Waals surface area (Å²) in [5, 5.41) is 2.77. The molecule has 0 spiro atoms. The Morgan fingerprint density at radius 1 is 1.04 bits per heavy atom. The molecule has 0 aromatic heterocycles. The van der Waals surface area contributed by atoms with E-state index in [1.54, 1.807) is 24.3 Å². The molecule has 1 N–H and O–H groups in total. The number of carbonyl (C=O) groups excluding carboxylic acids is 2. The number of ether oxygens (including phenoxy) is 2. The van der Waals surface area contributed by atoms with Crippen LogP contribution in [0.15, 0.2) is 48.5 Å². The van der Waals surface area contributed by atoms with Crippen LogP contribution in [0.3, 0.4) is 0 Å². The molecule has 1 aliphatic heterocycles. The van der Waals surface area contributed by atoms with Crippen LogP contribution in [0.5, 0.6) is 0 Å². The summed E-state index contributed by atoms with van der Waals surface area (Å²) in [5.41, 5.74) is 0.867. The first kappa shape index (κ1) is 17.3. The summed E-state index contributed by atoms with van der Waals surface area (Å²) >= 11 is 0. The number of ketones is 1. The third kappa shape index (κ3) is 4.29. The van der Waals surface area contributed by atoms with Gasteiger partial charge < -0.3 is 14.8 Å². The van der Waals surface area contributed by atoms with Crippen molar-refractivity contribution in [3.63, 3.8) is 0 Å². The van der Waals surface area contributed by atoms with E-state index < -0.39 is 5.82 Å². The normalized spacial score (nSPS) is 17.1. The standard InChI is InChI=1S/C19H18FNO4/c20-14-7-5-13(6-8-14)18(22)16-3-1-2-4-17(16)19(23)21-11-15-12-24-9-10-25-15/h1-8,15H,9-12H2,(H,21,23)/t15-/m1/s1. The summed E-state index contributed by atoms with van der Waals surface area (Å²) in [4.78, 5) is 25.1. The average molecular weight is 343 g/mol. The molecular weight excluding hydrogens is 325 g/mol. The number of hydrogen-bond acceptors (Lipinski definition) is 4. The van der Waals surface area contributed by atoms with Gasteiger partial charge in [-0.2, -0.15) is 0 Å². The minimum Gasteiger partial charge on any atom is -0.376 e. The molecular formula is C19H18FNO4. The van der Waals surface area contributed by atoms with Crippen molar-refractivity contribution >= 4 is 11.7 Å². The lowest BCUT2D eigenvalue weighted by Crippen LogP contribution is -2.40. The van der Waals surface area contributed by atoms with Crippen molar-refractivity contribution < 1.29 is 23.5 Å². The molecule has 1 atom stereocenters. The molecule has 0 aliphatic carbocycles. The van der Waals surface area contributed by atoms with Crippen molar-refractivity contribution in [2.75, 3.05) is 26.4 Å². The number of rotatable bonds is 5. The van der Waals surface area contributed by atoms with Crippen LogP contribution in [0.2, 0.25) is 0 Å². The van der Waals surface area contributed by atoms with Crippen LogP contribution in [0, 0.1) is 5.82 Å². The molecule has 3 rings (SSSR count). The first-order chi connectivity index (χ1) is 12.1. The van der Waals surface area contributed by atoms with E-state index in [1.165, 1.54) is 24.3 Å². The highest BCUT2D eigenvalue weighted by Gasteiger charge is 2.20. The Hall–Kier alpha value is -2.57. The van der Waals surface area contributed by atoms with Gasteiger partial charge in [-0.05, 0) is 30.3 Å². The zero-order chi connectivity index (χ0) is 17.6. The second-order valence-electron chi connectivity index (χ2n) is 5.66. The van der Waals surface area contributed by atoms with Crippen molar-refractivity contribution in [2.24, 2.45) is 0 Å². The first-order valence-corrected chi connectivity index (χ1v) is 8.02. The Kier molecular flexibility index (Phi) is 5.53. The highest BCUT2D eigenvalue weighted by molar-refractivity contribution is 6.15. The van der Waals surface area contributed by atoms with E-state index >= 15 is 0 Å². The van der Waals surface area contributed by atoms with Gasteiger partial charge >= 0.3 is 0 Å². The van der Waals surface area contributed by atoms with Gasteiger partial charge in [-0.1, -0.05) is 18.2 Å². The largest absolute Gasteiger partial charge is 0.376 e. The summed E-state index contributed by atoms with van der Waals surface area (Å²) in [7, 11) is 0. The minimum atomic E-state index is -0.419. The van der Waals surface area contributed by atoms with Crippen LogP contribution in [-0.4, -0.2) is 44.2 Å². The van der Waals surface area contributed by atoms with Crippen molar-refractivity contribution in [3.05, 3.63) is 71.0 Å². The lowest BCUT2D eigenvalue weighted by atomic mass is 9.98. The molecule has 25 heavy (non-hydrogen) atoms. The summed E-state index contributed by atoms with van der Waals surface area (Å²) in [5.74, 6) is -1.11. The van der Waals surface area contributed by atoms with Crippen molar-refractivity contribution in [3.8, 4) is 0 Å². The Labute approximate surface area is 144 Å². The van der Waals surface area contributed by atoms with Crippen LogP contribution >= 0.6 is 0 Å². The van der Waals surface area contributed by atoms with Gasteiger partial charge in [0.2, 0.25) is 0 Å². The molecule has 0 bridgehead atoms. The number of halogens is 1. The monoisotopic (exact) mass is 343 g/mol. The van der Waals surface area contributed by atoms with E-state index in [9.17, 15) is 14.0 Å². The summed E-state index contributed by atoms with van der Waals surface area (Å²) in [6, 6.07) is 11.8. The smallest absolute Gasteiger partial charge is 0.252 e. The molecule has 0 radical (unpaired) electrons. The van der Waals surface area contributed by atoms with E-state index in [-0.39, 0.29) is 28.9 Å². The van der Waals surface area contributed by atoms with Crippen LogP contribution in [0.1, 0.15) is 26.3 Å². The van der Waals surface area contributed by atoms with Crippen molar-refractivity contribution in [1.29, 1.82) is 0 Å². The second kappa shape index (κ2) is 8.00. The summed E-state index contributed by atoms with van der Waals surface area (Å²) < 4.78 is 23.8. The highest BCUT2D eigenvalue weighted by atomic mass is 19.1. The Morgan fingerprint density at radius 2 is 1.76 bits per heavy atom. The highest BCUT2D eigenvalue weighted by Crippen LogP contribution is 2.15. The fourth-order valence-electron chi connectivity index (χ4n) is 2.59. The van der Waals surface area contributed by atoms with Gasteiger partial charge in [0.25, 0.3) is 5.91 Å². The molecule has 0 saturated carbocycles. The molecule has 1 heterocycles. The van der Waals surface area contributed by atoms with Crippen LogP contribution < -0.4 is 5.32 Å².